The Balaban J connectivity index is 3.53. The molecule has 6 heteroatoms. The Morgan fingerprint density at radius 1 is 0.457 bits per heavy atom. The Bertz CT molecular complexity index is 576. The van der Waals surface area contributed by atoms with E-state index in [0.717, 1.165) is 17.6 Å². The molecule has 0 fully saturated rings. The lowest BCUT2D eigenvalue weighted by Crippen LogP contribution is -2.41. The average Bonchev–Trinajstić information content (AvgIpc) is 2.75. The van der Waals surface area contributed by atoms with Crippen LogP contribution in [0.2, 0.25) is 0 Å². The van der Waals surface area contributed by atoms with Crippen molar-refractivity contribution in [2.45, 2.75) is 129 Å². The first-order chi connectivity index (χ1) is 16.5. The molecule has 0 amide bonds. The molecule has 0 spiro atoms. The Hall–Kier alpha value is -0.170. The molecule has 0 saturated heterocycles. The van der Waals surface area contributed by atoms with E-state index in [9.17, 15) is 8.42 Å². The van der Waals surface area contributed by atoms with Gasteiger partial charge in [0, 0.05) is 6.42 Å². The second kappa shape index (κ2) is 20.8. The zero-order valence-corrected chi connectivity index (χ0v) is 25.4. The summed E-state index contributed by atoms with van der Waals surface area (Å²) in [6.07, 6.45) is 25.4. The van der Waals surface area contributed by atoms with Crippen LogP contribution in [0.15, 0.2) is 0 Å². The maximum atomic E-state index is 10.9. The van der Waals surface area contributed by atoms with Gasteiger partial charge in [-0.15, -0.1) is 0 Å². The topological polar surface area (TPSA) is 54.4 Å². The number of rotatable bonds is 26. The van der Waals surface area contributed by atoms with Gasteiger partial charge < -0.3 is 8.97 Å². The quantitative estimate of drug-likeness (QED) is 0.0731. The standard InChI is InChI=1S/C29H63N2O3S/c1-6-7-8-9-10-11-12-13-14-15-18-21-25-30(2,3)26-22-19-16-17-20-23-27-31(4,5)28-24-29-35(32,33)34/h6-29H2,1-5H3/q+1/p+1. The van der Waals surface area contributed by atoms with E-state index in [1.54, 1.807) is 0 Å². The lowest BCUT2D eigenvalue weighted by molar-refractivity contribution is -0.890. The summed E-state index contributed by atoms with van der Waals surface area (Å²) < 4.78 is 32.6. The van der Waals surface area contributed by atoms with Crippen LogP contribution in [0.1, 0.15) is 129 Å². The Kier molecular flexibility index (Phi) is 20.7. The predicted octanol–water partition coefficient (Wildman–Crippen LogP) is 7.46. The molecule has 0 bridgehead atoms. The van der Waals surface area contributed by atoms with Gasteiger partial charge in [0.05, 0.1) is 60.1 Å². The van der Waals surface area contributed by atoms with Crippen LogP contribution in [0.3, 0.4) is 0 Å². The molecule has 0 aromatic heterocycles. The molecule has 0 aliphatic carbocycles. The van der Waals surface area contributed by atoms with Crippen LogP contribution in [0.5, 0.6) is 0 Å². The monoisotopic (exact) mass is 520 g/mol. The van der Waals surface area contributed by atoms with E-state index in [1.165, 1.54) is 133 Å². The van der Waals surface area contributed by atoms with Crippen molar-refractivity contribution in [3.8, 4) is 0 Å². The summed E-state index contributed by atoms with van der Waals surface area (Å²) in [5.74, 6) is -0.122. The summed E-state index contributed by atoms with van der Waals surface area (Å²) in [5, 5.41) is 0. The van der Waals surface area contributed by atoms with Crippen LogP contribution in [0.4, 0.5) is 0 Å². The van der Waals surface area contributed by atoms with Gasteiger partial charge in [0.25, 0.3) is 10.1 Å². The van der Waals surface area contributed by atoms with E-state index in [1.807, 2.05) is 0 Å². The highest BCUT2D eigenvalue weighted by molar-refractivity contribution is 7.85. The van der Waals surface area contributed by atoms with Crippen LogP contribution in [-0.2, 0) is 10.1 Å². The number of quaternary nitrogens is 2. The van der Waals surface area contributed by atoms with E-state index in [4.69, 9.17) is 4.55 Å². The Labute approximate surface area is 221 Å². The minimum absolute atomic E-state index is 0.122. The summed E-state index contributed by atoms with van der Waals surface area (Å²) in [6, 6.07) is 0. The fraction of sp³-hybridized carbons (Fsp3) is 1.00. The summed E-state index contributed by atoms with van der Waals surface area (Å²) >= 11 is 0. The third kappa shape index (κ3) is 26.7. The molecular formula is C29H64N2O3S+2. The fourth-order valence-corrected chi connectivity index (χ4v) is 5.56. The van der Waals surface area contributed by atoms with Crippen molar-refractivity contribution in [1.29, 1.82) is 0 Å². The maximum absolute atomic E-state index is 10.9. The number of unbranched alkanes of at least 4 members (excludes halogenated alkanes) is 16. The van der Waals surface area contributed by atoms with Crippen molar-refractivity contribution in [1.82, 2.24) is 0 Å². The van der Waals surface area contributed by atoms with Crippen molar-refractivity contribution in [3.05, 3.63) is 0 Å². The van der Waals surface area contributed by atoms with Crippen LogP contribution in [0, 0.1) is 0 Å². The largest absolute Gasteiger partial charge is 0.328 e. The maximum Gasteiger partial charge on any atom is 0.265 e. The predicted molar refractivity (Wildman–Crippen MR) is 153 cm³/mol. The molecule has 0 aromatic rings. The molecule has 0 saturated carbocycles. The third-order valence-corrected chi connectivity index (χ3v) is 8.36. The molecular weight excluding hydrogens is 456 g/mol. The van der Waals surface area contributed by atoms with E-state index < -0.39 is 10.1 Å². The fourth-order valence-electron chi connectivity index (χ4n) is 5.07. The van der Waals surface area contributed by atoms with Gasteiger partial charge >= 0.3 is 0 Å². The third-order valence-electron chi connectivity index (χ3n) is 7.56. The highest BCUT2D eigenvalue weighted by Crippen LogP contribution is 2.14. The molecule has 0 rings (SSSR count). The van der Waals surface area contributed by atoms with Crippen molar-refractivity contribution < 1.29 is 21.9 Å². The van der Waals surface area contributed by atoms with Crippen LogP contribution < -0.4 is 0 Å². The van der Waals surface area contributed by atoms with Gasteiger partial charge in [0.1, 0.15) is 0 Å². The van der Waals surface area contributed by atoms with Gasteiger partial charge in [-0.25, -0.2) is 0 Å². The average molecular weight is 521 g/mol. The lowest BCUT2D eigenvalue weighted by atomic mass is 10.1. The van der Waals surface area contributed by atoms with Crippen molar-refractivity contribution in [2.75, 3.05) is 60.1 Å². The van der Waals surface area contributed by atoms with Crippen molar-refractivity contribution in [3.63, 3.8) is 0 Å². The first kappa shape index (κ1) is 34.8. The van der Waals surface area contributed by atoms with Gasteiger partial charge in [-0.3, -0.25) is 4.55 Å². The number of hydrogen-bond acceptors (Lipinski definition) is 2. The number of nitrogens with zero attached hydrogens (tertiary/aromatic N) is 2. The highest BCUT2D eigenvalue weighted by atomic mass is 32.2. The van der Waals surface area contributed by atoms with E-state index in [-0.39, 0.29) is 5.75 Å². The molecule has 0 heterocycles. The van der Waals surface area contributed by atoms with Crippen LogP contribution in [0.25, 0.3) is 0 Å². The first-order valence-corrected chi connectivity index (χ1v) is 16.7. The molecule has 0 aliphatic rings. The molecule has 35 heavy (non-hydrogen) atoms. The molecule has 212 valence electrons. The highest BCUT2D eigenvalue weighted by Gasteiger charge is 2.16. The minimum Gasteiger partial charge on any atom is -0.328 e. The van der Waals surface area contributed by atoms with E-state index in [2.05, 4.69) is 35.1 Å². The van der Waals surface area contributed by atoms with E-state index in [0.29, 0.717) is 6.42 Å². The first-order valence-electron chi connectivity index (χ1n) is 15.1. The van der Waals surface area contributed by atoms with Crippen LogP contribution >= 0.6 is 0 Å². The zero-order valence-electron chi connectivity index (χ0n) is 24.5. The van der Waals surface area contributed by atoms with Gasteiger partial charge in [-0.1, -0.05) is 84.0 Å². The SMILES string of the molecule is CCCCCCCCCCCCCC[N+](C)(C)CCCCCCCC[N+](C)(C)CCCS(=O)(=O)O. The van der Waals surface area contributed by atoms with Gasteiger partial charge in [-0.2, -0.15) is 8.42 Å². The molecule has 1 N–H and O–H groups in total. The smallest absolute Gasteiger partial charge is 0.265 e. The van der Waals surface area contributed by atoms with Crippen molar-refractivity contribution in [2.24, 2.45) is 0 Å². The number of hydrogen-bond donors (Lipinski definition) is 1. The van der Waals surface area contributed by atoms with Crippen molar-refractivity contribution >= 4 is 10.1 Å². The molecule has 0 unspecified atom stereocenters. The van der Waals surface area contributed by atoms with Crippen LogP contribution in [-0.4, -0.2) is 82.1 Å². The van der Waals surface area contributed by atoms with Gasteiger partial charge in [-0.05, 0) is 38.5 Å². The van der Waals surface area contributed by atoms with E-state index >= 15 is 0 Å². The summed E-state index contributed by atoms with van der Waals surface area (Å²) in [5.41, 5.74) is 0. The molecule has 0 aromatic carbocycles. The summed E-state index contributed by atoms with van der Waals surface area (Å²) in [4.78, 5) is 0. The molecule has 0 aliphatic heterocycles. The molecule has 5 nitrogen and oxygen atoms in total. The lowest BCUT2D eigenvalue weighted by Gasteiger charge is -2.30. The van der Waals surface area contributed by atoms with Gasteiger partial charge in [0.15, 0.2) is 0 Å². The Morgan fingerprint density at radius 2 is 0.714 bits per heavy atom. The second-order valence-electron chi connectivity index (χ2n) is 12.4. The summed E-state index contributed by atoms with van der Waals surface area (Å²) in [6.45, 7) is 6.79. The minimum atomic E-state index is -3.82. The van der Waals surface area contributed by atoms with Gasteiger partial charge in [0.2, 0.25) is 0 Å². The summed E-state index contributed by atoms with van der Waals surface area (Å²) in [7, 11) is 5.29. The molecule has 0 radical (unpaired) electrons. The Morgan fingerprint density at radius 3 is 1.00 bits per heavy atom. The zero-order chi connectivity index (χ0) is 26.5. The normalized spacial score (nSPS) is 13.0. The second-order valence-corrected chi connectivity index (χ2v) is 14.0. The molecule has 0 atom stereocenters.